The molecule has 2 aliphatic heterocycles. The van der Waals surface area contributed by atoms with Gasteiger partial charge in [0.25, 0.3) is 0 Å². The highest BCUT2D eigenvalue weighted by Crippen LogP contribution is 2.44. The highest BCUT2D eigenvalue weighted by Gasteiger charge is 2.45. The normalized spacial score (nSPS) is 23.7. The number of benzene rings is 1. The third kappa shape index (κ3) is 3.54. The molecule has 1 spiro atoms. The second-order valence-corrected chi connectivity index (χ2v) is 7.73. The number of nitrogens with zero attached hydrogens (tertiary/aromatic N) is 4. The fourth-order valence-electron chi connectivity index (χ4n) is 4.60. The lowest BCUT2D eigenvalue weighted by Gasteiger charge is -2.43. The summed E-state index contributed by atoms with van der Waals surface area (Å²) in [5.74, 6) is 1.97. The molecule has 4 rings (SSSR count). The van der Waals surface area contributed by atoms with E-state index in [-0.39, 0.29) is 0 Å². The summed E-state index contributed by atoms with van der Waals surface area (Å²) in [5.41, 5.74) is 1.82. The Morgan fingerprint density at radius 3 is 2.73 bits per heavy atom. The Hall–Kier alpha value is -1.76. The Bertz CT molecular complexity index is 710. The Morgan fingerprint density at radius 1 is 1.23 bits per heavy atom. The minimum Gasteiger partial charge on any atom is -0.377 e. The van der Waals surface area contributed by atoms with Crippen LogP contribution in [0.1, 0.15) is 42.5 Å². The monoisotopic (exact) mass is 356 g/mol. The number of methoxy groups -OCH3 is 1. The average Bonchev–Trinajstić information content (AvgIpc) is 3.23. The van der Waals surface area contributed by atoms with Gasteiger partial charge in [-0.1, -0.05) is 35.5 Å². The van der Waals surface area contributed by atoms with Crippen molar-refractivity contribution in [3.05, 3.63) is 47.6 Å². The summed E-state index contributed by atoms with van der Waals surface area (Å²) < 4.78 is 10.4. The number of ether oxygens (including phenoxy) is 1. The van der Waals surface area contributed by atoms with Gasteiger partial charge < -0.3 is 9.26 Å². The summed E-state index contributed by atoms with van der Waals surface area (Å²) >= 11 is 0. The topological polar surface area (TPSA) is 54.6 Å². The molecule has 1 atom stereocenters. The van der Waals surface area contributed by atoms with Gasteiger partial charge >= 0.3 is 0 Å². The first-order valence-electron chi connectivity index (χ1n) is 9.47. The summed E-state index contributed by atoms with van der Waals surface area (Å²) in [6.07, 6.45) is 3.66. The molecule has 0 radical (unpaired) electrons. The molecular formula is C20H28N4O2. The first-order chi connectivity index (χ1) is 12.7. The van der Waals surface area contributed by atoms with Crippen LogP contribution in [0.25, 0.3) is 0 Å². The van der Waals surface area contributed by atoms with Crippen molar-refractivity contribution in [3.8, 4) is 0 Å². The maximum absolute atomic E-state index is 5.34. The number of likely N-dealkylation sites (N-methyl/N-ethyl adjacent to an activating group) is 1. The van der Waals surface area contributed by atoms with Gasteiger partial charge in [-0.2, -0.15) is 4.98 Å². The Balaban J connectivity index is 1.35. The van der Waals surface area contributed by atoms with Crippen molar-refractivity contribution in [3.63, 3.8) is 0 Å². The number of hydrogen-bond acceptors (Lipinski definition) is 6. The van der Waals surface area contributed by atoms with Gasteiger partial charge in [-0.25, -0.2) is 0 Å². The molecule has 1 aromatic heterocycles. The van der Waals surface area contributed by atoms with Crippen molar-refractivity contribution < 1.29 is 9.26 Å². The maximum atomic E-state index is 5.34. The molecule has 1 aromatic carbocycles. The lowest BCUT2D eigenvalue weighted by Crippen LogP contribution is -2.50. The molecule has 2 saturated heterocycles. The molecule has 2 fully saturated rings. The van der Waals surface area contributed by atoms with E-state index >= 15 is 0 Å². The fourth-order valence-corrected chi connectivity index (χ4v) is 4.60. The first kappa shape index (κ1) is 17.6. The lowest BCUT2D eigenvalue weighted by molar-refractivity contribution is 0.0623. The van der Waals surface area contributed by atoms with Crippen molar-refractivity contribution in [2.45, 2.75) is 43.9 Å². The molecule has 0 unspecified atom stereocenters. The average molecular weight is 356 g/mol. The molecule has 0 bridgehead atoms. The van der Waals surface area contributed by atoms with Crippen LogP contribution in [-0.2, 0) is 17.9 Å². The number of aromatic nitrogens is 2. The largest absolute Gasteiger partial charge is 0.377 e. The van der Waals surface area contributed by atoms with E-state index in [4.69, 9.17) is 9.26 Å². The molecule has 2 aliphatic rings. The van der Waals surface area contributed by atoms with E-state index in [0.29, 0.717) is 29.8 Å². The van der Waals surface area contributed by atoms with Gasteiger partial charge in [-0.05, 0) is 37.8 Å². The van der Waals surface area contributed by atoms with Crippen LogP contribution in [-0.4, -0.2) is 59.3 Å². The van der Waals surface area contributed by atoms with E-state index in [2.05, 4.69) is 57.3 Å². The van der Waals surface area contributed by atoms with Gasteiger partial charge in [0.2, 0.25) is 5.89 Å². The van der Waals surface area contributed by atoms with E-state index in [1.54, 1.807) is 7.11 Å². The Labute approximate surface area is 155 Å². The predicted octanol–water partition coefficient (Wildman–Crippen LogP) is 2.67. The van der Waals surface area contributed by atoms with Crippen LogP contribution in [0.2, 0.25) is 0 Å². The van der Waals surface area contributed by atoms with Crippen LogP contribution in [0.3, 0.4) is 0 Å². The van der Waals surface area contributed by atoms with E-state index < -0.39 is 0 Å². The minimum absolute atomic E-state index is 0.340. The van der Waals surface area contributed by atoms with E-state index in [1.807, 2.05) is 0 Å². The molecule has 26 heavy (non-hydrogen) atoms. The molecule has 6 heteroatoms. The zero-order valence-corrected chi connectivity index (χ0v) is 15.7. The van der Waals surface area contributed by atoms with Crippen LogP contribution in [0, 0.1) is 0 Å². The van der Waals surface area contributed by atoms with Gasteiger partial charge in [-0.15, -0.1) is 0 Å². The van der Waals surface area contributed by atoms with E-state index in [9.17, 15) is 0 Å². The van der Waals surface area contributed by atoms with Gasteiger partial charge in [0, 0.05) is 32.3 Å². The van der Waals surface area contributed by atoms with Crippen LogP contribution >= 0.6 is 0 Å². The number of piperidine rings is 1. The van der Waals surface area contributed by atoms with Gasteiger partial charge in [0.1, 0.15) is 6.61 Å². The summed E-state index contributed by atoms with van der Waals surface area (Å²) in [4.78, 5) is 9.43. The molecule has 0 amide bonds. The van der Waals surface area contributed by atoms with Crippen LogP contribution in [0.5, 0.6) is 0 Å². The standard InChI is InChI=1S/C20H28N4O2/c1-23-13-17(16-6-4-3-5-7-16)12-20(23)8-10-24(11-9-20)14-19-21-18(15-25-2)22-26-19/h3-7,17H,8-15H2,1-2H3/t17-/m1/s1. The Kier molecular flexibility index (Phi) is 5.07. The molecule has 6 nitrogen and oxygen atoms in total. The van der Waals surface area contributed by atoms with Crippen LogP contribution in [0.4, 0.5) is 0 Å². The third-order valence-electron chi connectivity index (χ3n) is 6.13. The van der Waals surface area contributed by atoms with E-state index in [1.165, 1.54) is 24.8 Å². The summed E-state index contributed by atoms with van der Waals surface area (Å²) in [7, 11) is 3.94. The summed E-state index contributed by atoms with van der Waals surface area (Å²) in [6, 6.07) is 11.0. The second-order valence-electron chi connectivity index (χ2n) is 7.73. The molecule has 2 aromatic rings. The van der Waals surface area contributed by atoms with Crippen molar-refractivity contribution >= 4 is 0 Å². The highest BCUT2D eigenvalue weighted by atomic mass is 16.5. The molecule has 0 aliphatic carbocycles. The molecule has 3 heterocycles. The summed E-state index contributed by atoms with van der Waals surface area (Å²) in [5, 5.41) is 3.95. The highest BCUT2D eigenvalue weighted by molar-refractivity contribution is 5.23. The number of rotatable bonds is 5. The molecular weight excluding hydrogens is 328 g/mol. The zero-order chi connectivity index (χ0) is 18.0. The summed E-state index contributed by atoms with van der Waals surface area (Å²) in [6.45, 7) is 4.45. The molecule has 140 valence electrons. The van der Waals surface area contributed by atoms with Crippen molar-refractivity contribution in [2.75, 3.05) is 33.8 Å². The van der Waals surface area contributed by atoms with Gasteiger partial charge in [-0.3, -0.25) is 9.80 Å². The van der Waals surface area contributed by atoms with Crippen LogP contribution < -0.4 is 0 Å². The number of likely N-dealkylation sites (tertiary alicyclic amines) is 2. The molecule has 0 saturated carbocycles. The zero-order valence-electron chi connectivity index (χ0n) is 15.7. The lowest BCUT2D eigenvalue weighted by atomic mass is 9.81. The Morgan fingerprint density at radius 2 is 2.00 bits per heavy atom. The SMILES string of the molecule is COCc1noc(CN2CCC3(CC2)C[C@@H](c2ccccc2)CN3C)n1. The predicted molar refractivity (Wildman–Crippen MR) is 98.7 cm³/mol. The van der Waals surface area contributed by atoms with Crippen molar-refractivity contribution in [1.29, 1.82) is 0 Å². The second kappa shape index (κ2) is 7.47. The maximum Gasteiger partial charge on any atom is 0.240 e. The smallest absolute Gasteiger partial charge is 0.240 e. The third-order valence-corrected chi connectivity index (χ3v) is 6.13. The van der Waals surface area contributed by atoms with Gasteiger partial charge in [0.05, 0.1) is 6.54 Å². The van der Waals surface area contributed by atoms with Crippen LogP contribution in [0.15, 0.2) is 34.9 Å². The fraction of sp³-hybridized carbons (Fsp3) is 0.600. The van der Waals surface area contributed by atoms with Crippen molar-refractivity contribution in [2.24, 2.45) is 0 Å². The minimum atomic E-state index is 0.340. The van der Waals surface area contributed by atoms with Gasteiger partial charge in [0.15, 0.2) is 5.82 Å². The molecule has 0 N–H and O–H groups in total. The van der Waals surface area contributed by atoms with E-state index in [0.717, 1.165) is 26.2 Å². The van der Waals surface area contributed by atoms with Crippen molar-refractivity contribution in [1.82, 2.24) is 19.9 Å². The number of hydrogen-bond donors (Lipinski definition) is 0. The first-order valence-corrected chi connectivity index (χ1v) is 9.47. The quantitative estimate of drug-likeness (QED) is 0.821.